The lowest BCUT2D eigenvalue weighted by Gasteiger charge is -2.27. The average molecular weight is 400 g/mol. The van der Waals surface area contributed by atoms with Gasteiger partial charge in [0.15, 0.2) is 23.1 Å². The van der Waals surface area contributed by atoms with Gasteiger partial charge in [0.05, 0.1) is 24.8 Å². The molecule has 6 nitrogen and oxygen atoms in total. The van der Waals surface area contributed by atoms with Crippen molar-refractivity contribution >= 4 is 35.0 Å². The molecule has 1 aliphatic carbocycles. The van der Waals surface area contributed by atoms with E-state index in [1.54, 1.807) is 0 Å². The zero-order chi connectivity index (χ0) is 18.8. The fourth-order valence-corrected chi connectivity index (χ4v) is 2.97. The minimum absolute atomic E-state index is 0.0240. The highest BCUT2D eigenvalue weighted by atomic mass is 35.5. The highest BCUT2D eigenvalue weighted by Crippen LogP contribution is 2.36. The molecule has 0 unspecified atom stereocenters. The van der Waals surface area contributed by atoms with Crippen LogP contribution in [0.1, 0.15) is 29.8 Å². The number of methoxy groups -OCH3 is 2. The number of carbonyl (C=O) groups excluding carboxylic acids is 1. The largest absolute Gasteiger partial charge is 0.492 e. The molecule has 1 aliphatic rings. The number of hydrogen-bond acceptors (Lipinski definition) is 6. The van der Waals surface area contributed by atoms with Crippen LogP contribution in [-0.2, 0) is 4.74 Å². The summed E-state index contributed by atoms with van der Waals surface area (Å²) in [6.45, 7) is 0. The zero-order valence-corrected chi connectivity index (χ0v) is 15.6. The van der Waals surface area contributed by atoms with Crippen molar-refractivity contribution in [1.29, 1.82) is 0 Å². The SMILES string of the molecule is COC(=O)c1nc(-c2ccc(Cl)c(OC)c2F)nc(NC2CCC2)c1Cl. The number of nitrogens with zero attached hydrogens (tertiary/aromatic N) is 2. The molecule has 0 amide bonds. The second-order valence-electron chi connectivity index (χ2n) is 5.76. The van der Waals surface area contributed by atoms with E-state index in [0.29, 0.717) is 0 Å². The third-order valence-corrected chi connectivity index (χ3v) is 4.83. The summed E-state index contributed by atoms with van der Waals surface area (Å²) in [6.07, 6.45) is 3.03. The zero-order valence-electron chi connectivity index (χ0n) is 14.1. The van der Waals surface area contributed by atoms with Crippen molar-refractivity contribution < 1.29 is 18.7 Å². The van der Waals surface area contributed by atoms with Crippen LogP contribution in [0.25, 0.3) is 11.4 Å². The van der Waals surface area contributed by atoms with Crippen LogP contribution >= 0.6 is 23.2 Å². The van der Waals surface area contributed by atoms with Crippen LogP contribution in [0.4, 0.5) is 10.2 Å². The van der Waals surface area contributed by atoms with Crippen LogP contribution in [-0.4, -0.2) is 36.2 Å². The van der Waals surface area contributed by atoms with Gasteiger partial charge in [0.25, 0.3) is 0 Å². The van der Waals surface area contributed by atoms with Crippen LogP contribution in [0.2, 0.25) is 10.0 Å². The number of rotatable bonds is 5. The van der Waals surface area contributed by atoms with Gasteiger partial charge in [0.1, 0.15) is 10.8 Å². The van der Waals surface area contributed by atoms with E-state index >= 15 is 0 Å². The van der Waals surface area contributed by atoms with Gasteiger partial charge in [-0.1, -0.05) is 23.2 Å². The molecule has 3 rings (SSSR count). The van der Waals surface area contributed by atoms with Gasteiger partial charge in [0, 0.05) is 6.04 Å². The molecule has 2 aromatic rings. The van der Waals surface area contributed by atoms with Crippen LogP contribution < -0.4 is 10.1 Å². The van der Waals surface area contributed by atoms with E-state index in [2.05, 4.69) is 15.3 Å². The molecule has 0 spiro atoms. The minimum Gasteiger partial charge on any atom is -0.492 e. The van der Waals surface area contributed by atoms with Gasteiger partial charge in [0.2, 0.25) is 0 Å². The molecule has 1 heterocycles. The van der Waals surface area contributed by atoms with Crippen LogP contribution in [0, 0.1) is 5.82 Å². The second-order valence-corrected chi connectivity index (χ2v) is 6.55. The molecule has 0 aliphatic heterocycles. The smallest absolute Gasteiger partial charge is 0.358 e. The van der Waals surface area contributed by atoms with Crippen molar-refractivity contribution in [3.8, 4) is 17.1 Å². The molecule has 26 heavy (non-hydrogen) atoms. The molecule has 0 atom stereocenters. The van der Waals surface area contributed by atoms with Gasteiger partial charge in [-0.2, -0.15) is 0 Å². The number of carbonyl (C=O) groups is 1. The molecule has 0 bridgehead atoms. The van der Waals surface area contributed by atoms with E-state index in [4.69, 9.17) is 32.7 Å². The minimum atomic E-state index is -0.739. The van der Waals surface area contributed by atoms with E-state index in [1.807, 2.05) is 0 Å². The summed E-state index contributed by atoms with van der Waals surface area (Å²) in [5.41, 5.74) is -0.112. The maximum atomic E-state index is 14.7. The van der Waals surface area contributed by atoms with Gasteiger partial charge < -0.3 is 14.8 Å². The number of halogens is 3. The summed E-state index contributed by atoms with van der Waals surface area (Å²) in [7, 11) is 2.52. The number of esters is 1. The summed E-state index contributed by atoms with van der Waals surface area (Å²) in [6, 6.07) is 3.08. The highest BCUT2D eigenvalue weighted by Gasteiger charge is 2.26. The van der Waals surface area contributed by atoms with E-state index in [9.17, 15) is 9.18 Å². The normalized spacial score (nSPS) is 13.9. The molecule has 0 saturated heterocycles. The predicted octanol–water partition coefficient (Wildman–Crippen LogP) is 4.35. The number of benzene rings is 1. The lowest BCUT2D eigenvalue weighted by molar-refractivity contribution is 0.0594. The Hall–Kier alpha value is -2.12. The number of hydrogen-bond donors (Lipinski definition) is 1. The Bertz CT molecular complexity index is 860. The molecule has 1 aromatic heterocycles. The second kappa shape index (κ2) is 7.63. The third kappa shape index (κ3) is 3.41. The molecular formula is C17H16Cl2FN3O3. The third-order valence-electron chi connectivity index (χ3n) is 4.17. The Morgan fingerprint density at radius 2 is 2.00 bits per heavy atom. The Labute approximate surface area is 159 Å². The Morgan fingerprint density at radius 3 is 2.58 bits per heavy atom. The summed E-state index contributed by atoms with van der Waals surface area (Å²) >= 11 is 12.2. The molecule has 1 saturated carbocycles. The number of anilines is 1. The van der Waals surface area contributed by atoms with Crippen molar-refractivity contribution in [2.24, 2.45) is 0 Å². The molecule has 138 valence electrons. The predicted molar refractivity (Wildman–Crippen MR) is 96.6 cm³/mol. The summed E-state index contributed by atoms with van der Waals surface area (Å²) in [5.74, 6) is -1.36. The summed E-state index contributed by atoms with van der Waals surface area (Å²) < 4.78 is 24.5. The van der Waals surface area contributed by atoms with Crippen molar-refractivity contribution in [1.82, 2.24) is 9.97 Å². The Kier molecular flexibility index (Phi) is 5.48. The Balaban J connectivity index is 2.14. The fourth-order valence-electron chi connectivity index (χ4n) is 2.53. The molecule has 1 aromatic carbocycles. The topological polar surface area (TPSA) is 73.3 Å². The lowest BCUT2D eigenvalue weighted by atomic mass is 9.93. The molecular weight excluding hydrogens is 384 g/mol. The fraction of sp³-hybridized carbons (Fsp3) is 0.353. The van der Waals surface area contributed by atoms with Crippen molar-refractivity contribution in [3.05, 3.63) is 33.7 Å². The lowest BCUT2D eigenvalue weighted by Crippen LogP contribution is -2.28. The highest BCUT2D eigenvalue weighted by molar-refractivity contribution is 6.35. The monoisotopic (exact) mass is 399 g/mol. The first-order valence-corrected chi connectivity index (χ1v) is 8.66. The van der Waals surface area contributed by atoms with Crippen molar-refractivity contribution in [2.75, 3.05) is 19.5 Å². The molecule has 1 fully saturated rings. The first-order valence-electron chi connectivity index (χ1n) is 7.91. The van der Waals surface area contributed by atoms with Crippen molar-refractivity contribution in [3.63, 3.8) is 0 Å². The van der Waals surface area contributed by atoms with Gasteiger partial charge in [-0.05, 0) is 31.4 Å². The van der Waals surface area contributed by atoms with Crippen LogP contribution in [0.15, 0.2) is 12.1 Å². The summed E-state index contributed by atoms with van der Waals surface area (Å²) in [4.78, 5) is 20.4. The standard InChI is InChI=1S/C17H16Cl2FN3O3/c1-25-14-10(18)7-6-9(12(14)20)15-22-13(17(24)26-2)11(19)16(23-15)21-8-4-3-5-8/h6-8H,3-5H2,1-2H3,(H,21,22,23). The van der Waals surface area contributed by atoms with Crippen LogP contribution in [0.5, 0.6) is 5.75 Å². The first kappa shape index (κ1) is 18.7. The van der Waals surface area contributed by atoms with E-state index in [-0.39, 0.29) is 44.7 Å². The summed E-state index contributed by atoms with van der Waals surface area (Å²) in [5, 5.41) is 3.32. The van der Waals surface area contributed by atoms with Gasteiger partial charge in [-0.15, -0.1) is 0 Å². The van der Waals surface area contributed by atoms with Crippen LogP contribution in [0.3, 0.4) is 0 Å². The molecule has 1 N–H and O–H groups in total. The number of ether oxygens (including phenoxy) is 2. The van der Waals surface area contributed by atoms with E-state index in [0.717, 1.165) is 19.3 Å². The van der Waals surface area contributed by atoms with Gasteiger partial charge in [-0.25, -0.2) is 19.2 Å². The maximum Gasteiger partial charge on any atom is 0.358 e. The van der Waals surface area contributed by atoms with E-state index in [1.165, 1.54) is 26.4 Å². The van der Waals surface area contributed by atoms with Crippen molar-refractivity contribution in [2.45, 2.75) is 25.3 Å². The van der Waals surface area contributed by atoms with Gasteiger partial charge in [-0.3, -0.25) is 0 Å². The Morgan fingerprint density at radius 1 is 1.27 bits per heavy atom. The average Bonchev–Trinajstić information content (AvgIpc) is 2.59. The molecule has 0 radical (unpaired) electrons. The van der Waals surface area contributed by atoms with Gasteiger partial charge >= 0.3 is 5.97 Å². The first-order chi connectivity index (χ1) is 12.5. The maximum absolute atomic E-state index is 14.7. The molecule has 9 heteroatoms. The number of nitrogens with one attached hydrogen (secondary N) is 1. The number of aromatic nitrogens is 2. The van der Waals surface area contributed by atoms with E-state index < -0.39 is 11.8 Å². The quantitative estimate of drug-likeness (QED) is 0.753.